The molecule has 1 fully saturated rings. The van der Waals surface area contributed by atoms with Crippen LogP contribution in [0.4, 0.5) is 11.4 Å². The van der Waals surface area contributed by atoms with Crippen LogP contribution in [0, 0.1) is 20.8 Å². The predicted molar refractivity (Wildman–Crippen MR) is 122 cm³/mol. The molecule has 1 N–H and O–H groups in total. The van der Waals surface area contributed by atoms with Gasteiger partial charge in [0, 0.05) is 35.6 Å². The fourth-order valence-electron chi connectivity index (χ4n) is 4.51. The molecular weight excluding hydrogens is 372 g/mol. The average molecular weight is 403 g/mol. The van der Waals surface area contributed by atoms with Crippen molar-refractivity contribution in [2.75, 3.05) is 11.9 Å². The van der Waals surface area contributed by atoms with E-state index in [0.717, 1.165) is 48.3 Å². The predicted octanol–water partition coefficient (Wildman–Crippen LogP) is 5.70. The number of aromatic nitrogens is 2. The zero-order valence-corrected chi connectivity index (χ0v) is 18.3. The number of amides is 1. The first-order valence-corrected chi connectivity index (χ1v) is 10.9. The van der Waals surface area contributed by atoms with Gasteiger partial charge in [-0.1, -0.05) is 13.0 Å². The number of aryl methyl sites for hydroxylation is 3. The van der Waals surface area contributed by atoms with E-state index in [1.807, 2.05) is 24.0 Å². The minimum Gasteiger partial charge on any atom is -0.354 e. The summed E-state index contributed by atoms with van der Waals surface area (Å²) in [5.74, 6) is 0.0587. The molecule has 156 valence electrons. The largest absolute Gasteiger partial charge is 0.354 e. The summed E-state index contributed by atoms with van der Waals surface area (Å²) in [6.07, 6.45) is 6.00. The standard InChI is InChI=1S/C25H30N4O/c1-5-20-8-6-7-11-29(20)25(30)22-15-26-24-21(10-9-18(4)27-24)23(22)28-19-13-16(2)12-17(3)14-19/h9-10,12-15,20H,5-8,11H2,1-4H3,(H,26,27,28). The lowest BCUT2D eigenvalue weighted by molar-refractivity contribution is 0.0609. The smallest absolute Gasteiger partial charge is 0.257 e. The Morgan fingerprint density at radius 2 is 1.90 bits per heavy atom. The van der Waals surface area contributed by atoms with Crippen LogP contribution < -0.4 is 5.32 Å². The number of nitrogens with zero attached hydrogens (tertiary/aromatic N) is 3. The molecule has 3 heterocycles. The summed E-state index contributed by atoms with van der Waals surface area (Å²) in [4.78, 5) is 24.8. The highest BCUT2D eigenvalue weighted by atomic mass is 16.2. The fraction of sp³-hybridized carbons (Fsp3) is 0.400. The van der Waals surface area contributed by atoms with E-state index in [4.69, 9.17) is 0 Å². The number of rotatable bonds is 4. The molecule has 1 saturated heterocycles. The lowest BCUT2D eigenvalue weighted by Gasteiger charge is -2.35. The molecule has 1 amide bonds. The number of likely N-dealkylation sites (tertiary alicyclic amines) is 1. The number of fused-ring (bicyclic) bond motifs is 1. The summed E-state index contributed by atoms with van der Waals surface area (Å²) >= 11 is 0. The maximum absolute atomic E-state index is 13.7. The van der Waals surface area contributed by atoms with Crippen molar-refractivity contribution < 1.29 is 4.79 Å². The molecule has 0 saturated carbocycles. The number of benzene rings is 1. The van der Waals surface area contributed by atoms with Crippen LogP contribution in [0.3, 0.4) is 0 Å². The summed E-state index contributed by atoms with van der Waals surface area (Å²) in [5, 5.41) is 4.41. The van der Waals surface area contributed by atoms with Gasteiger partial charge in [0.2, 0.25) is 0 Å². The van der Waals surface area contributed by atoms with Gasteiger partial charge in [0.05, 0.1) is 11.3 Å². The van der Waals surface area contributed by atoms with E-state index >= 15 is 0 Å². The van der Waals surface area contributed by atoms with Gasteiger partial charge in [-0.2, -0.15) is 0 Å². The third-order valence-electron chi connectivity index (χ3n) is 5.95. The van der Waals surface area contributed by atoms with E-state index in [9.17, 15) is 4.79 Å². The van der Waals surface area contributed by atoms with Gasteiger partial charge < -0.3 is 10.2 Å². The van der Waals surface area contributed by atoms with Crippen LogP contribution in [0.2, 0.25) is 0 Å². The minimum absolute atomic E-state index is 0.0587. The number of carbonyl (C=O) groups is 1. The fourth-order valence-corrected chi connectivity index (χ4v) is 4.51. The molecule has 0 spiro atoms. The Kier molecular flexibility index (Phi) is 5.71. The van der Waals surface area contributed by atoms with E-state index in [0.29, 0.717) is 17.3 Å². The molecule has 2 aromatic heterocycles. The molecule has 1 aliphatic rings. The average Bonchev–Trinajstić information content (AvgIpc) is 2.72. The first kappa shape index (κ1) is 20.3. The summed E-state index contributed by atoms with van der Waals surface area (Å²) in [6.45, 7) is 9.09. The van der Waals surface area contributed by atoms with Crippen LogP contribution in [0.25, 0.3) is 11.0 Å². The zero-order valence-electron chi connectivity index (χ0n) is 18.3. The van der Waals surface area contributed by atoms with Crippen LogP contribution in [-0.4, -0.2) is 33.4 Å². The van der Waals surface area contributed by atoms with Gasteiger partial charge in [-0.15, -0.1) is 0 Å². The van der Waals surface area contributed by atoms with Crippen molar-refractivity contribution in [3.63, 3.8) is 0 Å². The minimum atomic E-state index is 0.0587. The highest BCUT2D eigenvalue weighted by Gasteiger charge is 2.28. The van der Waals surface area contributed by atoms with Gasteiger partial charge in [-0.3, -0.25) is 4.79 Å². The molecule has 30 heavy (non-hydrogen) atoms. The maximum Gasteiger partial charge on any atom is 0.257 e. The van der Waals surface area contributed by atoms with Crippen LogP contribution in [0.1, 0.15) is 59.8 Å². The van der Waals surface area contributed by atoms with Crippen molar-refractivity contribution in [1.82, 2.24) is 14.9 Å². The van der Waals surface area contributed by atoms with Crippen molar-refractivity contribution in [1.29, 1.82) is 0 Å². The Morgan fingerprint density at radius 3 is 2.63 bits per heavy atom. The molecule has 3 aromatic rings. The van der Waals surface area contributed by atoms with Crippen LogP contribution in [0.5, 0.6) is 0 Å². The van der Waals surface area contributed by atoms with Gasteiger partial charge in [-0.05, 0) is 81.8 Å². The SMILES string of the molecule is CCC1CCCCN1C(=O)c1cnc2nc(C)ccc2c1Nc1cc(C)cc(C)c1. The number of hydrogen-bond acceptors (Lipinski definition) is 4. The Labute approximate surface area is 178 Å². The lowest BCUT2D eigenvalue weighted by atomic mass is 9.98. The second-order valence-corrected chi connectivity index (χ2v) is 8.43. The third kappa shape index (κ3) is 4.02. The van der Waals surface area contributed by atoms with Gasteiger partial charge >= 0.3 is 0 Å². The number of nitrogens with one attached hydrogen (secondary N) is 1. The van der Waals surface area contributed by atoms with Crippen molar-refractivity contribution >= 4 is 28.3 Å². The normalized spacial score (nSPS) is 16.7. The quantitative estimate of drug-likeness (QED) is 0.608. The van der Waals surface area contributed by atoms with Crippen molar-refractivity contribution in [3.8, 4) is 0 Å². The summed E-state index contributed by atoms with van der Waals surface area (Å²) in [7, 11) is 0. The number of anilines is 2. The molecule has 5 heteroatoms. The summed E-state index contributed by atoms with van der Waals surface area (Å²) in [5.41, 5.74) is 6.31. The Morgan fingerprint density at radius 1 is 1.13 bits per heavy atom. The molecular formula is C25H30N4O. The van der Waals surface area contributed by atoms with E-state index in [2.05, 4.69) is 54.3 Å². The van der Waals surface area contributed by atoms with Gasteiger partial charge in [0.15, 0.2) is 5.65 Å². The lowest BCUT2D eigenvalue weighted by Crippen LogP contribution is -2.43. The first-order valence-electron chi connectivity index (χ1n) is 10.9. The number of hydrogen-bond donors (Lipinski definition) is 1. The second-order valence-electron chi connectivity index (χ2n) is 8.43. The van der Waals surface area contributed by atoms with Crippen molar-refractivity contribution in [2.24, 2.45) is 0 Å². The van der Waals surface area contributed by atoms with Gasteiger partial charge in [-0.25, -0.2) is 9.97 Å². The Bertz CT molecular complexity index is 1070. The Balaban J connectivity index is 1.83. The third-order valence-corrected chi connectivity index (χ3v) is 5.95. The van der Waals surface area contributed by atoms with E-state index < -0.39 is 0 Å². The maximum atomic E-state index is 13.7. The number of piperidine rings is 1. The Hall–Kier alpha value is -2.95. The highest BCUT2D eigenvalue weighted by Crippen LogP contribution is 2.32. The van der Waals surface area contributed by atoms with Crippen LogP contribution in [0.15, 0.2) is 36.5 Å². The van der Waals surface area contributed by atoms with Crippen LogP contribution >= 0.6 is 0 Å². The van der Waals surface area contributed by atoms with E-state index in [-0.39, 0.29) is 5.91 Å². The molecule has 1 aliphatic heterocycles. The first-order chi connectivity index (χ1) is 14.5. The summed E-state index contributed by atoms with van der Waals surface area (Å²) < 4.78 is 0. The van der Waals surface area contributed by atoms with Gasteiger partial charge in [0.1, 0.15) is 0 Å². The molecule has 0 bridgehead atoms. The number of pyridine rings is 2. The van der Waals surface area contributed by atoms with Crippen LogP contribution in [-0.2, 0) is 0 Å². The van der Waals surface area contributed by atoms with Gasteiger partial charge in [0.25, 0.3) is 5.91 Å². The zero-order chi connectivity index (χ0) is 21.3. The van der Waals surface area contributed by atoms with E-state index in [1.165, 1.54) is 17.5 Å². The number of carbonyl (C=O) groups excluding carboxylic acids is 1. The molecule has 1 atom stereocenters. The van der Waals surface area contributed by atoms with Crippen molar-refractivity contribution in [2.45, 2.75) is 59.4 Å². The summed E-state index contributed by atoms with van der Waals surface area (Å²) in [6, 6.07) is 10.6. The molecule has 4 rings (SSSR count). The monoisotopic (exact) mass is 402 g/mol. The molecule has 0 radical (unpaired) electrons. The van der Waals surface area contributed by atoms with E-state index in [1.54, 1.807) is 6.20 Å². The highest BCUT2D eigenvalue weighted by molar-refractivity contribution is 6.07. The topological polar surface area (TPSA) is 58.1 Å². The second kappa shape index (κ2) is 8.42. The molecule has 1 aromatic carbocycles. The molecule has 5 nitrogen and oxygen atoms in total. The van der Waals surface area contributed by atoms with Crippen molar-refractivity contribution in [3.05, 3.63) is 58.9 Å². The molecule has 1 unspecified atom stereocenters. The molecule has 0 aliphatic carbocycles.